The maximum absolute atomic E-state index is 11.3. The molecule has 0 aliphatic rings. The molecule has 0 aromatic carbocycles. The van der Waals surface area contributed by atoms with Gasteiger partial charge in [-0.15, -0.1) is 0 Å². The van der Waals surface area contributed by atoms with E-state index in [9.17, 15) is 19.8 Å². The van der Waals surface area contributed by atoms with Crippen LogP contribution in [0.25, 0.3) is 0 Å². The third kappa shape index (κ3) is 3.68. The zero-order valence-electron chi connectivity index (χ0n) is 8.92. The first-order valence-corrected chi connectivity index (χ1v) is 4.94. The number of aliphatic hydroxyl groups excluding tert-OH is 2. The monoisotopic (exact) mass is 253 g/mol. The standard InChI is InChI=1S/C8H16NO6P/c1-6(12)9(2-7(13)14)8(3-10,4-11)5-15-16/h10-11H,2-5,16H2,1H3,(H,13,14). The molecule has 0 aliphatic carbocycles. The fraction of sp³-hybridized carbons (Fsp3) is 0.750. The number of carbonyl (C=O) groups is 2. The van der Waals surface area contributed by atoms with E-state index in [-0.39, 0.29) is 6.61 Å². The van der Waals surface area contributed by atoms with Crippen molar-refractivity contribution < 1.29 is 29.4 Å². The van der Waals surface area contributed by atoms with Crippen molar-refractivity contribution in [2.75, 3.05) is 26.4 Å². The molecule has 8 heteroatoms. The highest BCUT2D eigenvalue weighted by molar-refractivity contribution is 7.09. The van der Waals surface area contributed by atoms with Crippen LogP contribution in [0, 0.1) is 0 Å². The van der Waals surface area contributed by atoms with E-state index in [4.69, 9.17) is 9.63 Å². The van der Waals surface area contributed by atoms with Gasteiger partial charge in [0.25, 0.3) is 0 Å². The van der Waals surface area contributed by atoms with Crippen LogP contribution >= 0.6 is 9.47 Å². The second kappa shape index (κ2) is 6.75. The Morgan fingerprint density at radius 1 is 1.38 bits per heavy atom. The van der Waals surface area contributed by atoms with Gasteiger partial charge >= 0.3 is 5.97 Å². The van der Waals surface area contributed by atoms with Gasteiger partial charge in [0.1, 0.15) is 12.1 Å². The Hall–Kier alpha value is -0.750. The molecule has 0 saturated carbocycles. The Morgan fingerprint density at radius 2 is 1.88 bits per heavy atom. The number of hydrogen-bond donors (Lipinski definition) is 3. The SMILES string of the molecule is CC(=O)N(CC(=O)O)C(CO)(CO)COP. The molecule has 0 aromatic rings. The van der Waals surface area contributed by atoms with Crippen molar-refractivity contribution >= 4 is 21.3 Å². The number of nitrogens with zero attached hydrogens (tertiary/aromatic N) is 1. The van der Waals surface area contributed by atoms with Crippen molar-refractivity contribution in [1.82, 2.24) is 4.90 Å². The van der Waals surface area contributed by atoms with Crippen LogP contribution in [0.3, 0.4) is 0 Å². The van der Waals surface area contributed by atoms with Gasteiger partial charge in [0.15, 0.2) is 0 Å². The van der Waals surface area contributed by atoms with Crippen LogP contribution in [0.1, 0.15) is 6.92 Å². The van der Waals surface area contributed by atoms with Crippen molar-refractivity contribution in [2.45, 2.75) is 12.5 Å². The molecule has 0 aliphatic heterocycles. The molecule has 0 aromatic heterocycles. The van der Waals surface area contributed by atoms with Gasteiger partial charge < -0.3 is 24.7 Å². The molecule has 0 radical (unpaired) electrons. The largest absolute Gasteiger partial charge is 0.480 e. The number of carboxylic acids is 1. The third-order valence-corrected chi connectivity index (χ3v) is 2.35. The first kappa shape index (κ1) is 15.2. The molecule has 1 amide bonds. The zero-order valence-corrected chi connectivity index (χ0v) is 10.1. The van der Waals surface area contributed by atoms with Crippen LogP contribution in [0.15, 0.2) is 0 Å². The van der Waals surface area contributed by atoms with Gasteiger partial charge in [-0.25, -0.2) is 0 Å². The van der Waals surface area contributed by atoms with Crippen LogP contribution in [0.4, 0.5) is 0 Å². The molecule has 16 heavy (non-hydrogen) atoms. The van der Waals surface area contributed by atoms with E-state index < -0.39 is 37.2 Å². The first-order valence-electron chi connectivity index (χ1n) is 4.47. The van der Waals surface area contributed by atoms with E-state index in [0.29, 0.717) is 0 Å². The molecule has 7 nitrogen and oxygen atoms in total. The van der Waals surface area contributed by atoms with Crippen LogP contribution in [-0.4, -0.2) is 64.0 Å². The maximum Gasteiger partial charge on any atom is 0.323 e. The molecule has 1 unspecified atom stereocenters. The summed E-state index contributed by atoms with van der Waals surface area (Å²) in [7, 11) is 1.91. The van der Waals surface area contributed by atoms with Gasteiger partial charge in [0, 0.05) is 16.4 Å². The fourth-order valence-electron chi connectivity index (χ4n) is 1.29. The Morgan fingerprint density at radius 3 is 2.12 bits per heavy atom. The van der Waals surface area contributed by atoms with Gasteiger partial charge in [0.2, 0.25) is 5.91 Å². The van der Waals surface area contributed by atoms with E-state index >= 15 is 0 Å². The summed E-state index contributed by atoms with van der Waals surface area (Å²) in [5.41, 5.74) is -1.42. The van der Waals surface area contributed by atoms with Crippen molar-refractivity contribution in [3.63, 3.8) is 0 Å². The average Bonchev–Trinajstić information content (AvgIpc) is 2.22. The number of carboxylic acid groups (broad SMARTS) is 1. The predicted octanol–water partition coefficient (Wildman–Crippen LogP) is -1.55. The second-order valence-electron chi connectivity index (χ2n) is 3.35. The van der Waals surface area contributed by atoms with Gasteiger partial charge in [-0.1, -0.05) is 0 Å². The number of rotatable bonds is 7. The smallest absolute Gasteiger partial charge is 0.323 e. The van der Waals surface area contributed by atoms with Crippen LogP contribution in [-0.2, 0) is 14.1 Å². The van der Waals surface area contributed by atoms with E-state index in [1.54, 1.807) is 0 Å². The summed E-state index contributed by atoms with van der Waals surface area (Å²) in [5.74, 6) is -1.79. The lowest BCUT2D eigenvalue weighted by Crippen LogP contribution is -2.60. The van der Waals surface area contributed by atoms with Crippen molar-refractivity contribution in [3.8, 4) is 0 Å². The quantitative estimate of drug-likeness (QED) is 0.474. The Balaban J connectivity index is 5.06. The molecular formula is C8H16NO6P. The van der Waals surface area contributed by atoms with Crippen LogP contribution in [0.5, 0.6) is 0 Å². The predicted molar refractivity (Wildman–Crippen MR) is 57.6 cm³/mol. The highest BCUT2D eigenvalue weighted by Crippen LogP contribution is 2.17. The van der Waals surface area contributed by atoms with Crippen LogP contribution in [0.2, 0.25) is 0 Å². The lowest BCUT2D eigenvalue weighted by molar-refractivity contribution is -0.153. The topological polar surface area (TPSA) is 107 Å². The van der Waals surface area contributed by atoms with E-state index in [1.165, 1.54) is 0 Å². The summed E-state index contributed by atoms with van der Waals surface area (Å²) in [5, 5.41) is 27.1. The van der Waals surface area contributed by atoms with Crippen molar-refractivity contribution in [2.24, 2.45) is 0 Å². The van der Waals surface area contributed by atoms with Crippen molar-refractivity contribution in [3.05, 3.63) is 0 Å². The lowest BCUT2D eigenvalue weighted by atomic mass is 10.0. The Labute approximate surface area is 95.3 Å². The second-order valence-corrected chi connectivity index (χ2v) is 3.68. The molecular weight excluding hydrogens is 237 g/mol. The minimum Gasteiger partial charge on any atom is -0.480 e. The minimum absolute atomic E-state index is 0.183. The van der Waals surface area contributed by atoms with Gasteiger partial charge in [-0.05, 0) is 0 Å². The molecule has 1 atom stereocenters. The zero-order chi connectivity index (χ0) is 12.8. The highest BCUT2D eigenvalue weighted by atomic mass is 31.0. The summed E-state index contributed by atoms with van der Waals surface area (Å²) in [6.07, 6.45) is 0. The third-order valence-electron chi connectivity index (χ3n) is 2.19. The summed E-state index contributed by atoms with van der Waals surface area (Å²) in [6.45, 7) is -0.816. The van der Waals surface area contributed by atoms with Gasteiger partial charge in [-0.3, -0.25) is 9.59 Å². The Kier molecular flexibility index (Phi) is 6.43. The molecule has 94 valence electrons. The van der Waals surface area contributed by atoms with E-state index in [1.807, 2.05) is 9.47 Å². The van der Waals surface area contributed by atoms with Gasteiger partial charge in [-0.2, -0.15) is 0 Å². The number of amides is 1. The van der Waals surface area contributed by atoms with Crippen molar-refractivity contribution in [1.29, 1.82) is 0 Å². The molecule has 0 heterocycles. The minimum atomic E-state index is -1.42. The highest BCUT2D eigenvalue weighted by Gasteiger charge is 2.39. The Bertz CT molecular complexity index is 255. The molecule has 0 rings (SSSR count). The molecule has 0 bridgehead atoms. The molecule has 3 N–H and O–H groups in total. The summed E-state index contributed by atoms with van der Waals surface area (Å²) in [6, 6.07) is 0. The number of aliphatic carboxylic acids is 1. The van der Waals surface area contributed by atoms with Gasteiger partial charge in [0.05, 0.1) is 19.8 Å². The lowest BCUT2D eigenvalue weighted by Gasteiger charge is -2.39. The number of aliphatic hydroxyl groups is 2. The van der Waals surface area contributed by atoms with E-state index in [0.717, 1.165) is 11.8 Å². The number of carbonyl (C=O) groups excluding carboxylic acids is 1. The maximum atomic E-state index is 11.3. The molecule has 0 fully saturated rings. The summed E-state index contributed by atoms with van der Waals surface area (Å²) < 4.78 is 4.71. The fourth-order valence-corrected chi connectivity index (χ4v) is 1.60. The van der Waals surface area contributed by atoms with E-state index in [2.05, 4.69) is 0 Å². The summed E-state index contributed by atoms with van der Waals surface area (Å²) in [4.78, 5) is 22.8. The molecule has 0 spiro atoms. The summed E-state index contributed by atoms with van der Waals surface area (Å²) >= 11 is 0. The molecule has 0 saturated heterocycles. The van der Waals surface area contributed by atoms with Crippen LogP contribution < -0.4 is 0 Å². The number of hydrogen-bond acceptors (Lipinski definition) is 5. The first-order chi connectivity index (χ1) is 7.43. The normalized spacial score (nSPS) is 11.2. The average molecular weight is 253 g/mol.